The molecule has 0 amide bonds. The summed E-state index contributed by atoms with van der Waals surface area (Å²) < 4.78 is 7.11. The highest BCUT2D eigenvalue weighted by Gasteiger charge is 2.07. The zero-order valence-corrected chi connectivity index (χ0v) is 14.5. The van der Waals surface area contributed by atoms with Crippen LogP contribution in [0.15, 0.2) is 40.9 Å². The Balaban J connectivity index is 2.09. The summed E-state index contributed by atoms with van der Waals surface area (Å²) in [5.74, 6) is 0.996. The lowest BCUT2D eigenvalue weighted by Gasteiger charge is -2.14. The van der Waals surface area contributed by atoms with Gasteiger partial charge in [-0.15, -0.1) is 0 Å². The van der Waals surface area contributed by atoms with Crippen molar-refractivity contribution in [3.8, 4) is 5.75 Å². The smallest absolute Gasteiger partial charge is 0.125 e. The Morgan fingerprint density at radius 3 is 2.38 bits per heavy atom. The zero-order chi connectivity index (χ0) is 15.2. The van der Waals surface area contributed by atoms with E-state index in [4.69, 9.17) is 4.74 Å². The van der Waals surface area contributed by atoms with Crippen molar-refractivity contribution in [1.82, 2.24) is 5.32 Å². The van der Waals surface area contributed by atoms with Gasteiger partial charge in [0.2, 0.25) is 0 Å². The van der Waals surface area contributed by atoms with Gasteiger partial charge in [0.25, 0.3) is 0 Å². The Labute approximate surface area is 135 Å². The molecule has 21 heavy (non-hydrogen) atoms. The van der Waals surface area contributed by atoms with Crippen LogP contribution in [-0.2, 0) is 13.2 Å². The molecule has 0 aliphatic heterocycles. The van der Waals surface area contributed by atoms with E-state index in [-0.39, 0.29) is 0 Å². The average molecular weight is 348 g/mol. The Bertz CT molecular complexity index is 587. The Morgan fingerprint density at radius 1 is 1.05 bits per heavy atom. The number of hydrogen-bond acceptors (Lipinski definition) is 2. The van der Waals surface area contributed by atoms with Gasteiger partial charge in [0.1, 0.15) is 12.4 Å². The minimum absolute atomic E-state index is 0.591. The predicted octanol–water partition coefficient (Wildman–Crippen LogP) is 4.75. The van der Waals surface area contributed by atoms with Gasteiger partial charge in [0.15, 0.2) is 0 Å². The van der Waals surface area contributed by atoms with E-state index in [0.717, 1.165) is 23.3 Å². The van der Waals surface area contributed by atoms with Gasteiger partial charge in [-0.2, -0.15) is 0 Å². The summed E-state index contributed by atoms with van der Waals surface area (Å²) in [5, 5.41) is 3.36. The normalized spacial score (nSPS) is 10.7. The Morgan fingerprint density at radius 2 is 1.76 bits per heavy atom. The molecular weight excluding hydrogens is 326 g/mol. The lowest BCUT2D eigenvalue weighted by molar-refractivity contribution is 0.302. The maximum absolute atomic E-state index is 6.03. The van der Waals surface area contributed by atoms with E-state index in [1.165, 1.54) is 22.3 Å². The minimum atomic E-state index is 0.591. The summed E-state index contributed by atoms with van der Waals surface area (Å²) in [6.45, 7) is 8.82. The first-order chi connectivity index (χ1) is 10.1. The van der Waals surface area contributed by atoms with Crippen LogP contribution in [0.5, 0.6) is 5.75 Å². The molecule has 0 fully saturated rings. The third-order valence-corrected chi connectivity index (χ3v) is 3.86. The van der Waals surface area contributed by atoms with E-state index in [0.29, 0.717) is 6.61 Å². The Kier molecular flexibility index (Phi) is 5.83. The van der Waals surface area contributed by atoms with Crippen LogP contribution in [0.4, 0.5) is 0 Å². The summed E-state index contributed by atoms with van der Waals surface area (Å²) in [5.41, 5.74) is 4.86. The third kappa shape index (κ3) is 4.58. The van der Waals surface area contributed by atoms with Gasteiger partial charge in [-0.05, 0) is 54.8 Å². The minimum Gasteiger partial charge on any atom is -0.488 e. The van der Waals surface area contributed by atoms with Crippen LogP contribution in [0.25, 0.3) is 0 Å². The van der Waals surface area contributed by atoms with Crippen molar-refractivity contribution in [1.29, 1.82) is 0 Å². The van der Waals surface area contributed by atoms with Crippen LogP contribution in [0, 0.1) is 13.8 Å². The highest BCUT2D eigenvalue weighted by atomic mass is 79.9. The fraction of sp³-hybridized carbons (Fsp3) is 0.333. The number of hydrogen-bond donors (Lipinski definition) is 1. The molecule has 0 bridgehead atoms. The van der Waals surface area contributed by atoms with Crippen LogP contribution in [0.2, 0.25) is 0 Å². The maximum atomic E-state index is 6.03. The summed E-state index contributed by atoms with van der Waals surface area (Å²) in [7, 11) is 0. The molecular formula is C18H22BrNO. The van der Waals surface area contributed by atoms with E-state index in [2.05, 4.69) is 66.3 Å². The van der Waals surface area contributed by atoms with Gasteiger partial charge in [0.05, 0.1) is 0 Å². The molecule has 0 heterocycles. The number of benzene rings is 2. The molecule has 2 nitrogen and oxygen atoms in total. The second-order valence-electron chi connectivity index (χ2n) is 5.26. The van der Waals surface area contributed by atoms with E-state index in [9.17, 15) is 0 Å². The summed E-state index contributed by atoms with van der Waals surface area (Å²) in [6, 6.07) is 12.6. The fourth-order valence-corrected chi connectivity index (χ4v) is 2.87. The number of nitrogens with one attached hydrogen (secondary N) is 1. The first-order valence-corrected chi connectivity index (χ1v) is 8.07. The third-order valence-electron chi connectivity index (χ3n) is 3.37. The van der Waals surface area contributed by atoms with Crippen LogP contribution >= 0.6 is 15.9 Å². The summed E-state index contributed by atoms with van der Waals surface area (Å²) in [4.78, 5) is 0. The molecule has 0 atom stereocenters. The molecule has 0 aliphatic rings. The van der Waals surface area contributed by atoms with E-state index in [1.807, 2.05) is 12.1 Å². The molecule has 0 unspecified atom stereocenters. The van der Waals surface area contributed by atoms with E-state index < -0.39 is 0 Å². The molecule has 2 rings (SSSR count). The Hall–Kier alpha value is -1.32. The lowest BCUT2D eigenvalue weighted by Crippen LogP contribution is -2.12. The molecule has 0 saturated heterocycles. The van der Waals surface area contributed by atoms with E-state index >= 15 is 0 Å². The SMILES string of the molecule is CCNCc1cc(C)c(OCc2cccc(Br)c2)c(C)c1. The maximum Gasteiger partial charge on any atom is 0.125 e. The average Bonchev–Trinajstić information content (AvgIpc) is 2.44. The molecule has 1 N–H and O–H groups in total. The molecule has 0 aromatic heterocycles. The van der Waals surface area contributed by atoms with Gasteiger partial charge in [-0.25, -0.2) is 0 Å². The van der Waals surface area contributed by atoms with Gasteiger partial charge >= 0.3 is 0 Å². The summed E-state index contributed by atoms with van der Waals surface area (Å²) in [6.07, 6.45) is 0. The van der Waals surface area contributed by atoms with Crippen LogP contribution in [-0.4, -0.2) is 6.54 Å². The highest BCUT2D eigenvalue weighted by molar-refractivity contribution is 9.10. The summed E-state index contributed by atoms with van der Waals surface area (Å²) >= 11 is 3.49. The lowest BCUT2D eigenvalue weighted by atomic mass is 10.1. The zero-order valence-electron chi connectivity index (χ0n) is 12.9. The van der Waals surface area contributed by atoms with Crippen LogP contribution < -0.4 is 10.1 Å². The molecule has 3 heteroatoms. The molecule has 0 aliphatic carbocycles. The molecule has 0 spiro atoms. The standard InChI is InChI=1S/C18H22BrNO/c1-4-20-11-16-8-13(2)18(14(3)9-16)21-12-15-6-5-7-17(19)10-15/h5-10,20H,4,11-12H2,1-3H3. The molecule has 2 aromatic rings. The first-order valence-electron chi connectivity index (χ1n) is 7.28. The molecule has 0 radical (unpaired) electrons. The number of aryl methyl sites for hydroxylation is 2. The largest absolute Gasteiger partial charge is 0.488 e. The quantitative estimate of drug-likeness (QED) is 0.813. The monoisotopic (exact) mass is 347 g/mol. The number of rotatable bonds is 6. The van der Waals surface area contributed by atoms with Crippen molar-refractivity contribution in [3.05, 3.63) is 63.1 Å². The number of ether oxygens (including phenoxy) is 1. The molecule has 0 saturated carbocycles. The molecule has 112 valence electrons. The van der Waals surface area contributed by atoms with Gasteiger partial charge < -0.3 is 10.1 Å². The van der Waals surface area contributed by atoms with Crippen LogP contribution in [0.1, 0.15) is 29.2 Å². The van der Waals surface area contributed by atoms with Gasteiger partial charge in [-0.3, -0.25) is 0 Å². The van der Waals surface area contributed by atoms with E-state index in [1.54, 1.807) is 0 Å². The van der Waals surface area contributed by atoms with Crippen molar-refractivity contribution >= 4 is 15.9 Å². The van der Waals surface area contributed by atoms with Crippen molar-refractivity contribution in [3.63, 3.8) is 0 Å². The van der Waals surface area contributed by atoms with Crippen molar-refractivity contribution in [2.24, 2.45) is 0 Å². The number of halogens is 1. The topological polar surface area (TPSA) is 21.3 Å². The van der Waals surface area contributed by atoms with Crippen molar-refractivity contribution in [2.45, 2.75) is 33.9 Å². The van der Waals surface area contributed by atoms with Gasteiger partial charge in [-0.1, -0.05) is 47.1 Å². The van der Waals surface area contributed by atoms with Crippen molar-refractivity contribution < 1.29 is 4.74 Å². The second-order valence-corrected chi connectivity index (χ2v) is 6.17. The highest BCUT2D eigenvalue weighted by Crippen LogP contribution is 2.26. The molecule has 2 aromatic carbocycles. The predicted molar refractivity (Wildman–Crippen MR) is 91.8 cm³/mol. The van der Waals surface area contributed by atoms with Crippen LogP contribution in [0.3, 0.4) is 0 Å². The second kappa shape index (κ2) is 7.62. The fourth-order valence-electron chi connectivity index (χ4n) is 2.42. The first kappa shape index (κ1) is 16.1. The van der Waals surface area contributed by atoms with Crippen molar-refractivity contribution in [2.75, 3.05) is 6.54 Å². The van der Waals surface area contributed by atoms with Gasteiger partial charge in [0, 0.05) is 11.0 Å².